The van der Waals surface area contributed by atoms with Crippen LogP contribution >= 0.6 is 0 Å². The maximum Gasteiger partial charge on any atom is 0.228 e. The molecule has 2 N–H and O–H groups in total. The molecule has 0 saturated carbocycles. The Hall–Kier alpha value is -3.80. The molecule has 0 heterocycles. The van der Waals surface area contributed by atoms with E-state index in [1.807, 2.05) is 72.8 Å². The van der Waals surface area contributed by atoms with Gasteiger partial charge in [-0.3, -0.25) is 9.59 Å². The fourth-order valence-corrected chi connectivity index (χ4v) is 3.27. The van der Waals surface area contributed by atoms with E-state index in [0.29, 0.717) is 23.7 Å². The van der Waals surface area contributed by atoms with Gasteiger partial charge in [-0.05, 0) is 29.8 Å². The molecule has 0 unspecified atom stereocenters. The lowest BCUT2D eigenvalue weighted by Crippen LogP contribution is -2.24. The smallest absolute Gasteiger partial charge is 0.228 e. The largest absolute Gasteiger partial charge is 0.496 e. The Morgan fingerprint density at radius 2 is 1.32 bits per heavy atom. The molecule has 0 radical (unpaired) electrons. The summed E-state index contributed by atoms with van der Waals surface area (Å²) in [5.41, 5.74) is 3.22. The van der Waals surface area contributed by atoms with Crippen LogP contribution in [0.3, 0.4) is 0 Å². The maximum absolute atomic E-state index is 12.4. The van der Waals surface area contributed by atoms with Crippen LogP contribution in [-0.4, -0.2) is 26.0 Å². The summed E-state index contributed by atoms with van der Waals surface area (Å²) in [6.07, 6.45) is 0.448. The molecular weight excluding hydrogens is 392 g/mol. The van der Waals surface area contributed by atoms with Gasteiger partial charge < -0.3 is 20.1 Å². The van der Waals surface area contributed by atoms with Gasteiger partial charge in [0.1, 0.15) is 11.5 Å². The zero-order chi connectivity index (χ0) is 22.1. The number of hydrogen-bond acceptors (Lipinski definition) is 4. The van der Waals surface area contributed by atoms with Crippen LogP contribution in [0, 0.1) is 0 Å². The summed E-state index contributed by atoms with van der Waals surface area (Å²) in [5, 5.41) is 5.81. The van der Waals surface area contributed by atoms with Gasteiger partial charge in [0.05, 0.1) is 27.1 Å². The second kappa shape index (κ2) is 10.8. The molecule has 3 aromatic carbocycles. The van der Waals surface area contributed by atoms with Crippen molar-refractivity contribution in [3.8, 4) is 11.5 Å². The Labute approximate surface area is 182 Å². The number of rotatable bonds is 9. The number of para-hydroxylation sites is 2. The monoisotopic (exact) mass is 418 g/mol. The number of nitrogens with one attached hydrogen (secondary N) is 2. The van der Waals surface area contributed by atoms with Gasteiger partial charge in [0.25, 0.3) is 0 Å². The van der Waals surface area contributed by atoms with Gasteiger partial charge in [0.15, 0.2) is 0 Å². The van der Waals surface area contributed by atoms with Crippen LogP contribution in [0.4, 0.5) is 5.69 Å². The molecule has 6 heteroatoms. The van der Waals surface area contributed by atoms with Crippen LogP contribution in [0.5, 0.6) is 11.5 Å². The third kappa shape index (κ3) is 6.34. The van der Waals surface area contributed by atoms with E-state index >= 15 is 0 Å². The highest BCUT2D eigenvalue weighted by molar-refractivity contribution is 5.92. The predicted molar refractivity (Wildman–Crippen MR) is 120 cm³/mol. The fraction of sp³-hybridized carbons (Fsp3) is 0.200. The Bertz CT molecular complexity index is 1050. The number of methoxy groups -OCH3 is 2. The molecule has 2 amide bonds. The minimum atomic E-state index is -0.137. The van der Waals surface area contributed by atoms with Crippen molar-refractivity contribution in [2.24, 2.45) is 0 Å². The second-order valence-corrected chi connectivity index (χ2v) is 7.00. The highest BCUT2D eigenvalue weighted by Crippen LogP contribution is 2.19. The van der Waals surface area contributed by atoms with E-state index in [1.165, 1.54) is 0 Å². The van der Waals surface area contributed by atoms with Crippen LogP contribution < -0.4 is 20.1 Å². The minimum Gasteiger partial charge on any atom is -0.496 e. The molecule has 0 saturated heterocycles. The first-order valence-electron chi connectivity index (χ1n) is 9.98. The third-order valence-electron chi connectivity index (χ3n) is 4.79. The summed E-state index contributed by atoms with van der Waals surface area (Å²) in [7, 11) is 3.17. The molecule has 0 atom stereocenters. The molecule has 0 aliphatic rings. The molecule has 0 fully saturated rings. The molecule has 0 aromatic heterocycles. The van der Waals surface area contributed by atoms with E-state index in [4.69, 9.17) is 9.47 Å². The maximum atomic E-state index is 12.4. The molecule has 3 aromatic rings. The predicted octanol–water partition coefficient (Wildman–Crippen LogP) is 3.74. The lowest BCUT2D eigenvalue weighted by molar-refractivity contribution is -0.120. The van der Waals surface area contributed by atoms with E-state index in [-0.39, 0.29) is 24.7 Å². The van der Waals surface area contributed by atoms with Crippen LogP contribution in [0.2, 0.25) is 0 Å². The van der Waals surface area contributed by atoms with Crippen molar-refractivity contribution in [1.29, 1.82) is 0 Å². The Kier molecular flexibility index (Phi) is 7.65. The molecule has 0 bridgehead atoms. The van der Waals surface area contributed by atoms with Crippen molar-refractivity contribution in [3.05, 3.63) is 89.5 Å². The van der Waals surface area contributed by atoms with Crippen molar-refractivity contribution in [2.45, 2.75) is 19.4 Å². The minimum absolute atomic E-state index is 0.102. The van der Waals surface area contributed by atoms with Crippen LogP contribution in [0.1, 0.15) is 16.7 Å². The topological polar surface area (TPSA) is 76.7 Å². The summed E-state index contributed by atoms with van der Waals surface area (Å²) in [5.74, 6) is 1.14. The Morgan fingerprint density at radius 1 is 0.742 bits per heavy atom. The highest BCUT2D eigenvalue weighted by Gasteiger charge is 2.10. The van der Waals surface area contributed by atoms with E-state index < -0.39 is 0 Å². The molecule has 31 heavy (non-hydrogen) atoms. The lowest BCUT2D eigenvalue weighted by atomic mass is 10.1. The molecular formula is C25H26N2O4. The van der Waals surface area contributed by atoms with E-state index in [1.54, 1.807) is 14.2 Å². The number of anilines is 1. The van der Waals surface area contributed by atoms with Crippen LogP contribution in [0.25, 0.3) is 0 Å². The Morgan fingerprint density at radius 3 is 1.94 bits per heavy atom. The standard InChI is InChI=1S/C25H26N2O4/c1-30-22-12-5-3-9-19(22)15-24(28)26-17-18-8-7-11-21(14-18)27-25(29)16-20-10-4-6-13-23(20)31-2/h3-14H,15-17H2,1-2H3,(H,26,28)(H,27,29). The molecule has 0 aliphatic heterocycles. The van der Waals surface area contributed by atoms with Gasteiger partial charge >= 0.3 is 0 Å². The SMILES string of the molecule is COc1ccccc1CC(=O)NCc1cccc(NC(=O)Cc2ccccc2OC)c1. The summed E-state index contributed by atoms with van der Waals surface area (Å²) in [4.78, 5) is 24.8. The first-order valence-corrected chi connectivity index (χ1v) is 9.98. The average molecular weight is 418 g/mol. The average Bonchev–Trinajstić information content (AvgIpc) is 2.78. The molecule has 0 spiro atoms. The van der Waals surface area contributed by atoms with Gasteiger partial charge in [-0.15, -0.1) is 0 Å². The molecule has 0 aliphatic carbocycles. The summed E-state index contributed by atoms with van der Waals surface area (Å²) in [6.45, 7) is 0.365. The quantitative estimate of drug-likeness (QED) is 0.555. The van der Waals surface area contributed by atoms with Crippen molar-refractivity contribution in [1.82, 2.24) is 5.32 Å². The zero-order valence-electron chi connectivity index (χ0n) is 17.7. The lowest BCUT2D eigenvalue weighted by Gasteiger charge is -2.11. The number of ether oxygens (including phenoxy) is 2. The number of carbonyl (C=O) groups excluding carboxylic acids is 2. The van der Waals surface area contributed by atoms with Gasteiger partial charge in [0.2, 0.25) is 11.8 Å². The van der Waals surface area contributed by atoms with E-state index in [0.717, 1.165) is 16.7 Å². The summed E-state index contributed by atoms with van der Waals surface area (Å²) in [6, 6.07) is 22.3. The first-order chi connectivity index (χ1) is 15.1. The summed E-state index contributed by atoms with van der Waals surface area (Å²) >= 11 is 0. The van der Waals surface area contributed by atoms with Crippen LogP contribution in [0.15, 0.2) is 72.8 Å². The van der Waals surface area contributed by atoms with Crippen molar-refractivity contribution in [2.75, 3.05) is 19.5 Å². The van der Waals surface area contributed by atoms with Crippen LogP contribution in [-0.2, 0) is 29.0 Å². The fourth-order valence-electron chi connectivity index (χ4n) is 3.27. The van der Waals surface area contributed by atoms with Gasteiger partial charge in [-0.2, -0.15) is 0 Å². The number of amides is 2. The highest BCUT2D eigenvalue weighted by atomic mass is 16.5. The Balaban J connectivity index is 1.55. The zero-order valence-corrected chi connectivity index (χ0v) is 17.7. The number of carbonyl (C=O) groups is 2. The van der Waals surface area contributed by atoms with E-state index in [9.17, 15) is 9.59 Å². The second-order valence-electron chi connectivity index (χ2n) is 7.00. The number of benzene rings is 3. The number of hydrogen-bond donors (Lipinski definition) is 2. The van der Waals surface area contributed by atoms with Gasteiger partial charge in [-0.25, -0.2) is 0 Å². The molecule has 6 nitrogen and oxygen atoms in total. The van der Waals surface area contributed by atoms with Gasteiger partial charge in [0, 0.05) is 23.4 Å². The van der Waals surface area contributed by atoms with Crippen molar-refractivity contribution < 1.29 is 19.1 Å². The summed E-state index contributed by atoms with van der Waals surface area (Å²) < 4.78 is 10.6. The molecule has 3 rings (SSSR count). The van der Waals surface area contributed by atoms with E-state index in [2.05, 4.69) is 10.6 Å². The third-order valence-corrected chi connectivity index (χ3v) is 4.79. The first kappa shape index (κ1) is 21.9. The normalized spacial score (nSPS) is 10.3. The van der Waals surface area contributed by atoms with Crippen molar-refractivity contribution >= 4 is 17.5 Å². The molecule has 160 valence electrons. The van der Waals surface area contributed by atoms with Crippen molar-refractivity contribution in [3.63, 3.8) is 0 Å². The van der Waals surface area contributed by atoms with Gasteiger partial charge in [-0.1, -0.05) is 48.5 Å².